The summed E-state index contributed by atoms with van der Waals surface area (Å²) < 4.78 is 52.2. The summed E-state index contributed by atoms with van der Waals surface area (Å²) in [7, 11) is -3.61. The number of halogens is 1. The zero-order chi connectivity index (χ0) is 23.6. The molecule has 0 bridgehead atoms. The number of aryl methyl sites for hydroxylation is 1. The Hall–Kier alpha value is -2.98. The summed E-state index contributed by atoms with van der Waals surface area (Å²) in [5.41, 5.74) is 0.989. The van der Waals surface area contributed by atoms with Gasteiger partial charge in [-0.15, -0.1) is 0 Å². The maximum absolute atomic E-state index is 14.0. The van der Waals surface area contributed by atoms with Crippen molar-refractivity contribution in [2.24, 2.45) is 5.92 Å². The zero-order valence-corrected chi connectivity index (χ0v) is 18.9. The molecule has 1 fully saturated rings. The Labute approximate surface area is 189 Å². The summed E-state index contributed by atoms with van der Waals surface area (Å²) in [6.45, 7) is 2.16. The molecule has 1 aromatic heterocycles. The Morgan fingerprint density at radius 2 is 2.00 bits per heavy atom. The molecule has 4 rings (SSSR count). The van der Waals surface area contributed by atoms with Gasteiger partial charge in [-0.25, -0.2) is 22.3 Å². The number of hydrogen-bond donors (Lipinski definition) is 2. The molecule has 1 saturated carbocycles. The van der Waals surface area contributed by atoms with Gasteiger partial charge in [0.2, 0.25) is 10.0 Å². The van der Waals surface area contributed by atoms with Gasteiger partial charge in [-0.3, -0.25) is 9.78 Å². The van der Waals surface area contributed by atoms with Gasteiger partial charge < -0.3 is 9.15 Å². The third-order valence-corrected chi connectivity index (χ3v) is 7.11. The molecule has 1 atom stereocenters. The Morgan fingerprint density at radius 1 is 1.21 bits per heavy atom. The molecule has 176 valence electrons. The highest BCUT2D eigenvalue weighted by molar-refractivity contribution is 7.89. The second-order valence-electron chi connectivity index (χ2n) is 8.38. The number of benzene rings is 2. The maximum atomic E-state index is 14.0. The lowest BCUT2D eigenvalue weighted by atomic mass is 10.1. The molecule has 0 unspecified atom stereocenters. The number of aromatic amines is 1. The summed E-state index contributed by atoms with van der Waals surface area (Å²) >= 11 is 0. The summed E-state index contributed by atoms with van der Waals surface area (Å²) in [5.74, 6) is -0.810. The van der Waals surface area contributed by atoms with E-state index in [4.69, 9.17) is 9.15 Å². The van der Waals surface area contributed by atoms with Crippen LogP contribution in [-0.4, -0.2) is 25.8 Å². The smallest absolute Gasteiger partial charge is 0.419 e. The van der Waals surface area contributed by atoms with Crippen molar-refractivity contribution < 1.29 is 22.0 Å². The van der Waals surface area contributed by atoms with E-state index >= 15 is 0 Å². The van der Waals surface area contributed by atoms with Crippen LogP contribution in [0.1, 0.15) is 43.4 Å². The molecule has 3 aromatic rings. The van der Waals surface area contributed by atoms with Gasteiger partial charge in [-0.05, 0) is 73.9 Å². The van der Waals surface area contributed by atoms with Crippen LogP contribution in [0.2, 0.25) is 0 Å². The minimum absolute atomic E-state index is 0.123. The van der Waals surface area contributed by atoms with Crippen molar-refractivity contribution >= 4 is 21.0 Å². The van der Waals surface area contributed by atoms with E-state index in [9.17, 15) is 22.4 Å². The Kier molecular flexibility index (Phi) is 6.66. The first-order valence-corrected chi connectivity index (χ1v) is 12.4. The minimum Gasteiger partial charge on any atom is -0.490 e. The molecule has 1 aliphatic rings. The number of sulfonamides is 1. The van der Waals surface area contributed by atoms with Crippen LogP contribution in [0.4, 0.5) is 4.39 Å². The SMILES string of the molecule is C[C@@H](NS(=O)(=O)CCCc1ccc2oc(=O)[nH]c(=O)c2c1)c1ccc(F)c(OCC2CC2)c1. The van der Waals surface area contributed by atoms with Crippen molar-refractivity contribution in [2.45, 2.75) is 38.6 Å². The first-order valence-electron chi connectivity index (χ1n) is 10.8. The molecule has 0 spiro atoms. The molecule has 33 heavy (non-hydrogen) atoms. The minimum atomic E-state index is -3.61. The lowest BCUT2D eigenvalue weighted by Gasteiger charge is -2.16. The van der Waals surface area contributed by atoms with Crippen LogP contribution >= 0.6 is 0 Å². The van der Waals surface area contributed by atoms with E-state index in [0.717, 1.165) is 18.4 Å². The van der Waals surface area contributed by atoms with Crippen molar-refractivity contribution in [1.29, 1.82) is 0 Å². The van der Waals surface area contributed by atoms with Gasteiger partial charge in [0, 0.05) is 6.04 Å². The van der Waals surface area contributed by atoms with Gasteiger partial charge in [0.15, 0.2) is 11.6 Å². The fourth-order valence-electron chi connectivity index (χ4n) is 3.54. The average molecular weight is 477 g/mol. The molecule has 1 aliphatic carbocycles. The summed E-state index contributed by atoms with van der Waals surface area (Å²) in [5, 5.41) is 0.234. The van der Waals surface area contributed by atoms with Crippen molar-refractivity contribution in [1.82, 2.24) is 9.71 Å². The van der Waals surface area contributed by atoms with Crippen LogP contribution in [0.15, 0.2) is 50.4 Å². The highest BCUT2D eigenvalue weighted by Crippen LogP contribution is 2.31. The van der Waals surface area contributed by atoms with Crippen molar-refractivity contribution in [3.8, 4) is 5.75 Å². The molecule has 0 radical (unpaired) electrons. The molecule has 8 nitrogen and oxygen atoms in total. The number of nitrogens with one attached hydrogen (secondary N) is 2. The largest absolute Gasteiger partial charge is 0.490 e. The standard InChI is InChI=1S/C23H25FN2O6S/c1-14(17-7-8-19(24)21(12-17)31-13-16-4-5-16)26-33(29,30)10-2-3-15-6-9-20-18(11-15)22(27)25-23(28)32-20/h6-9,11-12,14,16,26H,2-5,10,13H2,1H3,(H,25,27,28)/t14-/m1/s1. The summed E-state index contributed by atoms with van der Waals surface area (Å²) in [6.07, 6.45) is 2.91. The molecule has 2 aromatic carbocycles. The van der Waals surface area contributed by atoms with E-state index in [2.05, 4.69) is 9.71 Å². The lowest BCUT2D eigenvalue weighted by Crippen LogP contribution is -2.29. The van der Waals surface area contributed by atoms with E-state index in [1.807, 2.05) is 0 Å². The number of hydrogen-bond acceptors (Lipinski definition) is 6. The van der Waals surface area contributed by atoms with Crippen molar-refractivity contribution in [3.63, 3.8) is 0 Å². The van der Waals surface area contributed by atoms with Gasteiger partial charge >= 0.3 is 5.76 Å². The number of aromatic nitrogens is 1. The predicted octanol–water partition coefficient (Wildman–Crippen LogP) is 3.02. The molecule has 0 saturated heterocycles. The van der Waals surface area contributed by atoms with E-state index in [1.165, 1.54) is 24.3 Å². The van der Waals surface area contributed by atoms with Gasteiger partial charge in [-0.1, -0.05) is 12.1 Å². The van der Waals surface area contributed by atoms with Crippen LogP contribution in [0, 0.1) is 11.7 Å². The predicted molar refractivity (Wildman–Crippen MR) is 121 cm³/mol. The topological polar surface area (TPSA) is 118 Å². The second kappa shape index (κ2) is 9.48. The second-order valence-corrected chi connectivity index (χ2v) is 10.3. The molecule has 2 N–H and O–H groups in total. The van der Waals surface area contributed by atoms with E-state index in [0.29, 0.717) is 30.9 Å². The first kappa shape index (κ1) is 23.2. The summed E-state index contributed by atoms with van der Waals surface area (Å²) in [6, 6.07) is 8.60. The van der Waals surface area contributed by atoms with Crippen LogP contribution in [-0.2, 0) is 16.4 Å². The van der Waals surface area contributed by atoms with Crippen LogP contribution in [0.25, 0.3) is 11.0 Å². The Bertz CT molecular complexity index is 1380. The third-order valence-electron chi connectivity index (χ3n) is 5.57. The summed E-state index contributed by atoms with van der Waals surface area (Å²) in [4.78, 5) is 25.2. The normalized spacial score (nSPS) is 15.0. The van der Waals surface area contributed by atoms with Crippen LogP contribution in [0.3, 0.4) is 0 Å². The Morgan fingerprint density at radius 3 is 2.76 bits per heavy atom. The monoisotopic (exact) mass is 476 g/mol. The highest BCUT2D eigenvalue weighted by atomic mass is 32.2. The lowest BCUT2D eigenvalue weighted by molar-refractivity contribution is 0.285. The molecular formula is C23H25FN2O6S. The van der Waals surface area contributed by atoms with Crippen LogP contribution < -0.4 is 20.8 Å². The molecule has 1 heterocycles. The molecular weight excluding hydrogens is 451 g/mol. The van der Waals surface area contributed by atoms with Gasteiger partial charge in [-0.2, -0.15) is 0 Å². The quantitative estimate of drug-likeness (QED) is 0.464. The van der Waals surface area contributed by atoms with E-state index in [-0.39, 0.29) is 22.5 Å². The Balaban J connectivity index is 1.35. The van der Waals surface area contributed by atoms with Crippen molar-refractivity contribution in [2.75, 3.05) is 12.4 Å². The fourth-order valence-corrected chi connectivity index (χ4v) is 4.86. The first-order chi connectivity index (χ1) is 15.7. The average Bonchev–Trinajstić information content (AvgIpc) is 3.57. The molecule has 0 aliphatic heterocycles. The maximum Gasteiger partial charge on any atom is 0.419 e. The highest BCUT2D eigenvalue weighted by Gasteiger charge is 2.23. The van der Waals surface area contributed by atoms with E-state index in [1.54, 1.807) is 19.1 Å². The van der Waals surface area contributed by atoms with E-state index < -0.39 is 33.2 Å². The van der Waals surface area contributed by atoms with Crippen molar-refractivity contribution in [3.05, 3.63) is 74.2 Å². The molecule has 0 amide bonds. The number of rotatable bonds is 10. The fraction of sp³-hybridized carbons (Fsp3) is 0.391. The van der Waals surface area contributed by atoms with Gasteiger partial charge in [0.25, 0.3) is 5.56 Å². The van der Waals surface area contributed by atoms with Gasteiger partial charge in [0.05, 0.1) is 17.7 Å². The number of ether oxygens (including phenoxy) is 1. The zero-order valence-electron chi connectivity index (χ0n) is 18.1. The van der Waals surface area contributed by atoms with Gasteiger partial charge in [0.1, 0.15) is 5.58 Å². The number of fused-ring (bicyclic) bond motifs is 1. The third kappa shape index (κ3) is 6.08. The molecule has 10 heteroatoms. The number of H-pyrrole nitrogens is 1. The van der Waals surface area contributed by atoms with Crippen LogP contribution in [0.5, 0.6) is 5.75 Å².